The minimum Gasteiger partial charge on any atom is -0.471 e. The Hall–Kier alpha value is -2.44. The van der Waals surface area contributed by atoms with Crippen molar-refractivity contribution >= 4 is 5.91 Å². The van der Waals surface area contributed by atoms with E-state index in [0.29, 0.717) is 30.3 Å². The highest BCUT2D eigenvalue weighted by molar-refractivity contribution is 5.94. The molecule has 3 heterocycles. The van der Waals surface area contributed by atoms with Crippen LogP contribution in [0, 0.1) is 6.92 Å². The van der Waals surface area contributed by atoms with Crippen molar-refractivity contribution in [2.45, 2.75) is 25.9 Å². The molecule has 7 heteroatoms. The van der Waals surface area contributed by atoms with E-state index in [1.54, 1.807) is 30.4 Å². The summed E-state index contributed by atoms with van der Waals surface area (Å²) in [5, 5.41) is 3.65. The summed E-state index contributed by atoms with van der Waals surface area (Å²) in [5.74, 6) is 0.955. The zero-order valence-corrected chi connectivity index (χ0v) is 11.7. The molecule has 3 rings (SSSR count). The van der Waals surface area contributed by atoms with Gasteiger partial charge in [-0.3, -0.25) is 9.78 Å². The first kappa shape index (κ1) is 13.5. The highest BCUT2D eigenvalue weighted by atomic mass is 16.5. The Bertz CT molecular complexity index is 614. The lowest BCUT2D eigenvalue weighted by Gasteiger charge is -2.32. The second-order valence-corrected chi connectivity index (χ2v) is 4.97. The fraction of sp³-hybridized carbons (Fsp3) is 0.429. The molecule has 2 aromatic heterocycles. The Morgan fingerprint density at radius 2 is 2.33 bits per heavy atom. The van der Waals surface area contributed by atoms with Gasteiger partial charge in [-0.25, -0.2) is 4.98 Å². The molecule has 1 atom stereocenters. The maximum absolute atomic E-state index is 12.4. The van der Waals surface area contributed by atoms with Gasteiger partial charge in [-0.2, -0.15) is 0 Å². The van der Waals surface area contributed by atoms with E-state index in [2.05, 4.69) is 15.1 Å². The number of amides is 1. The average molecular weight is 288 g/mol. The first-order chi connectivity index (χ1) is 10.2. The summed E-state index contributed by atoms with van der Waals surface area (Å²) in [4.78, 5) is 22.3. The molecule has 1 saturated heterocycles. The fourth-order valence-electron chi connectivity index (χ4n) is 2.41. The van der Waals surface area contributed by atoms with Crippen molar-refractivity contribution in [3.8, 4) is 5.88 Å². The van der Waals surface area contributed by atoms with Gasteiger partial charge in [-0.05, 0) is 19.8 Å². The molecule has 0 radical (unpaired) electrons. The Balaban J connectivity index is 1.66. The summed E-state index contributed by atoms with van der Waals surface area (Å²) in [6, 6.07) is 0. The lowest BCUT2D eigenvalue weighted by atomic mass is 10.1. The van der Waals surface area contributed by atoms with Gasteiger partial charge < -0.3 is 14.2 Å². The molecule has 0 saturated carbocycles. The molecule has 1 amide bonds. The van der Waals surface area contributed by atoms with Crippen molar-refractivity contribution in [3.63, 3.8) is 0 Å². The number of hydrogen-bond acceptors (Lipinski definition) is 6. The van der Waals surface area contributed by atoms with Gasteiger partial charge >= 0.3 is 0 Å². The quantitative estimate of drug-likeness (QED) is 0.850. The van der Waals surface area contributed by atoms with E-state index in [1.165, 1.54) is 6.20 Å². The third-order valence-corrected chi connectivity index (χ3v) is 3.47. The number of aryl methyl sites for hydroxylation is 1. The predicted octanol–water partition coefficient (Wildman–Crippen LogP) is 1.46. The second kappa shape index (κ2) is 5.90. The zero-order valence-electron chi connectivity index (χ0n) is 11.7. The molecule has 7 nitrogen and oxygen atoms in total. The number of ether oxygens (including phenoxy) is 1. The van der Waals surface area contributed by atoms with Crippen molar-refractivity contribution in [2.75, 3.05) is 13.1 Å². The maximum atomic E-state index is 12.4. The van der Waals surface area contributed by atoms with Crippen LogP contribution < -0.4 is 4.74 Å². The lowest BCUT2D eigenvalue weighted by Crippen LogP contribution is -2.44. The van der Waals surface area contributed by atoms with Gasteiger partial charge in [0.1, 0.15) is 17.4 Å². The normalized spacial score (nSPS) is 18.5. The number of carbonyl (C=O) groups is 1. The van der Waals surface area contributed by atoms with E-state index in [-0.39, 0.29) is 12.0 Å². The first-order valence-electron chi connectivity index (χ1n) is 6.87. The molecule has 1 aliphatic rings. The smallest absolute Gasteiger partial charge is 0.259 e. The number of piperidine rings is 1. The van der Waals surface area contributed by atoms with Crippen molar-refractivity contribution in [1.29, 1.82) is 0 Å². The van der Waals surface area contributed by atoms with Gasteiger partial charge in [0.05, 0.1) is 18.9 Å². The molecule has 0 N–H and O–H groups in total. The highest BCUT2D eigenvalue weighted by Gasteiger charge is 2.27. The van der Waals surface area contributed by atoms with Crippen molar-refractivity contribution in [1.82, 2.24) is 20.0 Å². The van der Waals surface area contributed by atoms with Crippen molar-refractivity contribution in [3.05, 3.63) is 36.1 Å². The maximum Gasteiger partial charge on any atom is 0.259 e. The fourth-order valence-corrected chi connectivity index (χ4v) is 2.41. The monoisotopic (exact) mass is 288 g/mol. The molecule has 21 heavy (non-hydrogen) atoms. The molecular formula is C14H16N4O3. The van der Waals surface area contributed by atoms with Gasteiger partial charge in [0.15, 0.2) is 0 Å². The second-order valence-electron chi connectivity index (χ2n) is 4.97. The molecule has 0 aromatic carbocycles. The molecule has 1 unspecified atom stereocenters. The van der Waals surface area contributed by atoms with Crippen molar-refractivity contribution < 1.29 is 14.1 Å². The van der Waals surface area contributed by atoms with E-state index < -0.39 is 0 Å². The molecule has 1 aliphatic heterocycles. The molecule has 110 valence electrons. The van der Waals surface area contributed by atoms with Gasteiger partial charge in [0.2, 0.25) is 5.88 Å². The van der Waals surface area contributed by atoms with Crippen LogP contribution in [0.15, 0.2) is 29.3 Å². The van der Waals surface area contributed by atoms with E-state index in [0.717, 1.165) is 12.8 Å². The molecule has 0 spiro atoms. The van der Waals surface area contributed by atoms with E-state index in [4.69, 9.17) is 9.26 Å². The Labute approximate surface area is 121 Å². The number of rotatable bonds is 3. The summed E-state index contributed by atoms with van der Waals surface area (Å²) < 4.78 is 10.7. The number of likely N-dealkylation sites (tertiary alicyclic amines) is 1. The number of carbonyl (C=O) groups excluding carboxylic acids is 1. The number of hydrogen-bond donors (Lipinski definition) is 0. The van der Waals surface area contributed by atoms with Gasteiger partial charge in [-0.1, -0.05) is 5.16 Å². The highest BCUT2D eigenvalue weighted by Crippen LogP contribution is 2.19. The lowest BCUT2D eigenvalue weighted by molar-refractivity contribution is 0.0525. The molecule has 1 fully saturated rings. The standard InChI is InChI=1S/C14H16N4O3/c1-10-12(7-17-21-10)14(19)18-6-2-3-11(9-18)20-13-8-15-4-5-16-13/h4-5,7-8,11H,2-3,6,9H2,1H3. The number of nitrogens with zero attached hydrogens (tertiary/aromatic N) is 4. The summed E-state index contributed by atoms with van der Waals surface area (Å²) >= 11 is 0. The summed E-state index contributed by atoms with van der Waals surface area (Å²) in [6.07, 6.45) is 7.93. The van der Waals surface area contributed by atoms with E-state index in [1.807, 2.05) is 0 Å². The summed E-state index contributed by atoms with van der Waals surface area (Å²) in [7, 11) is 0. The van der Waals surface area contributed by atoms with Crippen LogP contribution in [0.4, 0.5) is 0 Å². The SMILES string of the molecule is Cc1oncc1C(=O)N1CCCC(Oc2cnccn2)C1. The molecular weight excluding hydrogens is 272 g/mol. The summed E-state index contributed by atoms with van der Waals surface area (Å²) in [5.41, 5.74) is 0.509. The minimum absolute atomic E-state index is 0.0683. The third-order valence-electron chi connectivity index (χ3n) is 3.47. The van der Waals surface area contributed by atoms with Gasteiger partial charge in [-0.15, -0.1) is 0 Å². The molecule has 0 aliphatic carbocycles. The Morgan fingerprint density at radius 1 is 1.43 bits per heavy atom. The van der Waals surface area contributed by atoms with Crippen LogP contribution in [0.25, 0.3) is 0 Å². The average Bonchev–Trinajstić information content (AvgIpc) is 2.94. The van der Waals surface area contributed by atoms with Crippen LogP contribution in [0.2, 0.25) is 0 Å². The largest absolute Gasteiger partial charge is 0.471 e. The van der Waals surface area contributed by atoms with Crippen LogP contribution in [-0.4, -0.2) is 45.1 Å². The topological polar surface area (TPSA) is 81.4 Å². The van der Waals surface area contributed by atoms with Crippen molar-refractivity contribution in [2.24, 2.45) is 0 Å². The van der Waals surface area contributed by atoms with E-state index >= 15 is 0 Å². The Morgan fingerprint density at radius 3 is 3.05 bits per heavy atom. The van der Waals surface area contributed by atoms with Crippen LogP contribution in [0.5, 0.6) is 5.88 Å². The van der Waals surface area contributed by atoms with Crippen LogP contribution in [0.3, 0.4) is 0 Å². The molecule has 2 aromatic rings. The van der Waals surface area contributed by atoms with E-state index in [9.17, 15) is 4.79 Å². The third kappa shape index (κ3) is 3.01. The minimum atomic E-state index is -0.0698. The first-order valence-corrected chi connectivity index (χ1v) is 6.87. The Kier molecular flexibility index (Phi) is 3.81. The van der Waals surface area contributed by atoms with Crippen LogP contribution in [0.1, 0.15) is 29.0 Å². The van der Waals surface area contributed by atoms with Crippen LogP contribution in [-0.2, 0) is 0 Å². The zero-order chi connectivity index (χ0) is 14.7. The van der Waals surface area contributed by atoms with Gasteiger partial charge in [0.25, 0.3) is 5.91 Å². The molecule has 0 bridgehead atoms. The predicted molar refractivity (Wildman–Crippen MR) is 72.8 cm³/mol. The van der Waals surface area contributed by atoms with Crippen LogP contribution >= 0.6 is 0 Å². The number of aromatic nitrogens is 3. The van der Waals surface area contributed by atoms with Gasteiger partial charge in [0, 0.05) is 18.9 Å². The summed E-state index contributed by atoms with van der Waals surface area (Å²) in [6.45, 7) is 2.97.